The maximum Gasteiger partial charge on any atom is 0.407 e. The van der Waals surface area contributed by atoms with E-state index in [4.69, 9.17) is 29.2 Å². The first-order valence-electron chi connectivity index (χ1n) is 13.9. The predicted octanol–water partition coefficient (Wildman–Crippen LogP) is 4.32. The van der Waals surface area contributed by atoms with E-state index in [0.717, 1.165) is 12.8 Å². The van der Waals surface area contributed by atoms with Crippen LogP contribution in [0.4, 0.5) is 9.59 Å². The molecule has 0 fully saturated rings. The van der Waals surface area contributed by atoms with Crippen LogP contribution in [0.5, 0.6) is 0 Å². The molecular formula is C27H47N5O10. The average molecular weight is 602 g/mol. The van der Waals surface area contributed by atoms with Gasteiger partial charge in [-0.15, -0.1) is 0 Å². The highest BCUT2D eigenvalue weighted by Crippen LogP contribution is 2.21. The van der Waals surface area contributed by atoms with Gasteiger partial charge in [0.1, 0.15) is 29.8 Å². The summed E-state index contributed by atoms with van der Waals surface area (Å²) in [5, 5.41) is 8.34. The molecule has 0 aromatic heterocycles. The Hall–Kier alpha value is -3.74. The minimum Gasteiger partial charge on any atom is -0.465 e. The van der Waals surface area contributed by atoms with Gasteiger partial charge in [-0.1, -0.05) is 18.0 Å². The van der Waals surface area contributed by atoms with E-state index in [2.05, 4.69) is 20.7 Å². The van der Waals surface area contributed by atoms with Crippen LogP contribution in [0.1, 0.15) is 87.0 Å². The molecule has 15 heteroatoms. The van der Waals surface area contributed by atoms with Gasteiger partial charge in [-0.05, 0) is 66.8 Å². The van der Waals surface area contributed by atoms with Crippen LogP contribution < -0.4 is 10.6 Å². The van der Waals surface area contributed by atoms with Crippen molar-refractivity contribution in [3.63, 3.8) is 0 Å². The maximum atomic E-state index is 12.9. The lowest BCUT2D eigenvalue weighted by Gasteiger charge is -2.26. The summed E-state index contributed by atoms with van der Waals surface area (Å²) in [5.41, 5.74) is 5.40. The Bertz CT molecular complexity index is 887. The van der Waals surface area contributed by atoms with Gasteiger partial charge in [0.15, 0.2) is 0 Å². The smallest absolute Gasteiger partial charge is 0.407 e. The van der Waals surface area contributed by atoms with Crippen molar-refractivity contribution in [3.05, 3.63) is 10.4 Å². The maximum absolute atomic E-state index is 12.9. The number of ether oxygens (including phenoxy) is 5. The number of hydrogen-bond donors (Lipinski definition) is 2. The molecule has 0 aromatic carbocycles. The fraction of sp³-hybridized carbons (Fsp3) is 0.815. The van der Waals surface area contributed by atoms with Crippen LogP contribution in [0.3, 0.4) is 0 Å². The number of nitrogens with zero attached hydrogens (tertiary/aromatic N) is 3. The van der Waals surface area contributed by atoms with Crippen molar-refractivity contribution >= 4 is 30.1 Å². The van der Waals surface area contributed by atoms with Crippen LogP contribution in [-0.2, 0) is 38.1 Å². The van der Waals surface area contributed by atoms with E-state index in [9.17, 15) is 24.0 Å². The fourth-order valence-corrected chi connectivity index (χ4v) is 2.97. The van der Waals surface area contributed by atoms with Gasteiger partial charge in [0.2, 0.25) is 0 Å². The second kappa shape index (κ2) is 19.4. The largest absolute Gasteiger partial charge is 0.465 e. The zero-order valence-corrected chi connectivity index (χ0v) is 25.9. The van der Waals surface area contributed by atoms with E-state index >= 15 is 0 Å². The van der Waals surface area contributed by atoms with E-state index in [-0.39, 0.29) is 32.5 Å². The number of rotatable bonds is 18. The van der Waals surface area contributed by atoms with E-state index in [1.54, 1.807) is 41.5 Å². The number of unbranched alkanes of at least 4 members (excludes halogenated alkanes) is 3. The standard InChI is InChI=1S/C27H47N5O10/c1-25(2,3)41-23(36)29-15-12-20(33)39-18-27(7,22(35)38-17-11-9-8-10-14-31-32-28)19-40-21(34)13-16-30-24(37)42-26(4,5)6/h8-19H2,1-7H3,(H,29,36)(H,30,37). The number of esters is 3. The summed E-state index contributed by atoms with van der Waals surface area (Å²) in [6.07, 6.45) is 1.07. The molecule has 2 N–H and O–H groups in total. The van der Waals surface area contributed by atoms with Crippen molar-refractivity contribution in [2.75, 3.05) is 39.5 Å². The number of hydrogen-bond acceptors (Lipinski definition) is 11. The second-order valence-corrected chi connectivity index (χ2v) is 11.7. The molecule has 0 saturated heterocycles. The quantitative estimate of drug-likeness (QED) is 0.0568. The van der Waals surface area contributed by atoms with Crippen molar-refractivity contribution in [1.29, 1.82) is 0 Å². The van der Waals surface area contributed by atoms with Crippen LogP contribution in [0.2, 0.25) is 0 Å². The number of carbonyl (C=O) groups excluding carboxylic acids is 5. The van der Waals surface area contributed by atoms with Gasteiger partial charge < -0.3 is 34.3 Å². The number of carbonyl (C=O) groups is 5. The predicted molar refractivity (Wildman–Crippen MR) is 151 cm³/mol. The van der Waals surface area contributed by atoms with Crippen LogP contribution >= 0.6 is 0 Å². The number of azide groups is 1. The molecule has 0 aliphatic heterocycles. The first kappa shape index (κ1) is 38.3. The third-order valence-electron chi connectivity index (χ3n) is 5.04. The minimum atomic E-state index is -1.51. The summed E-state index contributed by atoms with van der Waals surface area (Å²) in [4.78, 5) is 63.6. The second-order valence-electron chi connectivity index (χ2n) is 11.7. The van der Waals surface area contributed by atoms with Gasteiger partial charge in [-0.2, -0.15) is 0 Å². The summed E-state index contributed by atoms with van der Waals surface area (Å²) < 4.78 is 26.1. The van der Waals surface area contributed by atoms with Crippen molar-refractivity contribution in [3.8, 4) is 0 Å². The molecule has 240 valence electrons. The first-order chi connectivity index (χ1) is 19.5. The lowest BCUT2D eigenvalue weighted by atomic mass is 9.93. The van der Waals surface area contributed by atoms with Gasteiger partial charge in [0.05, 0.1) is 19.4 Å². The molecular weight excluding hydrogens is 554 g/mol. The average Bonchev–Trinajstić information content (AvgIpc) is 2.85. The zero-order valence-electron chi connectivity index (χ0n) is 25.9. The van der Waals surface area contributed by atoms with Gasteiger partial charge >= 0.3 is 30.1 Å². The number of nitrogens with one attached hydrogen (secondary N) is 2. The molecule has 42 heavy (non-hydrogen) atoms. The lowest BCUT2D eigenvalue weighted by Crippen LogP contribution is -2.41. The molecule has 0 unspecified atom stereocenters. The summed E-state index contributed by atoms with van der Waals surface area (Å²) in [5.74, 6) is -2.12. The van der Waals surface area contributed by atoms with E-state index < -0.39 is 59.9 Å². The van der Waals surface area contributed by atoms with Gasteiger partial charge in [-0.25, -0.2) is 9.59 Å². The minimum absolute atomic E-state index is 0.0474. The summed E-state index contributed by atoms with van der Waals surface area (Å²) in [7, 11) is 0. The van der Waals surface area contributed by atoms with Crippen molar-refractivity contribution in [2.24, 2.45) is 10.5 Å². The summed E-state index contributed by atoms with van der Waals surface area (Å²) >= 11 is 0. The Balaban J connectivity index is 4.90. The molecule has 15 nitrogen and oxygen atoms in total. The Morgan fingerprint density at radius 1 is 0.690 bits per heavy atom. The van der Waals surface area contributed by atoms with Crippen LogP contribution in [0.15, 0.2) is 5.11 Å². The number of amides is 2. The van der Waals surface area contributed by atoms with E-state index in [1.165, 1.54) is 6.92 Å². The summed E-state index contributed by atoms with van der Waals surface area (Å²) in [6.45, 7) is 11.2. The molecule has 0 bridgehead atoms. The molecule has 2 amide bonds. The lowest BCUT2D eigenvalue weighted by molar-refractivity contribution is -0.170. The summed E-state index contributed by atoms with van der Waals surface area (Å²) in [6, 6.07) is 0. The fourth-order valence-electron chi connectivity index (χ4n) is 2.97. The molecule has 0 aliphatic carbocycles. The van der Waals surface area contributed by atoms with E-state index in [1.807, 2.05) is 0 Å². The third-order valence-corrected chi connectivity index (χ3v) is 5.04. The van der Waals surface area contributed by atoms with Gasteiger partial charge in [0, 0.05) is 24.5 Å². The first-order valence-corrected chi connectivity index (χ1v) is 13.9. The number of alkyl carbamates (subject to hydrolysis) is 2. The van der Waals surface area contributed by atoms with E-state index in [0.29, 0.717) is 19.4 Å². The Kier molecular flexibility index (Phi) is 17.7. The molecule has 0 radical (unpaired) electrons. The van der Waals surface area contributed by atoms with Crippen molar-refractivity contribution in [1.82, 2.24) is 10.6 Å². The molecule has 0 rings (SSSR count). The van der Waals surface area contributed by atoms with Crippen molar-refractivity contribution in [2.45, 2.75) is 98.2 Å². The Labute approximate surface area is 247 Å². The SMILES string of the molecule is CC(C)(C)OC(=O)NCCC(=O)OCC(C)(COC(=O)CCNC(=O)OC(C)(C)C)C(=O)OCCCCCCN=[N+]=[N-]. The Morgan fingerprint density at radius 2 is 1.14 bits per heavy atom. The van der Waals surface area contributed by atoms with Gasteiger partial charge in [0.25, 0.3) is 0 Å². The van der Waals surface area contributed by atoms with Crippen LogP contribution in [0, 0.1) is 5.41 Å². The zero-order chi connectivity index (χ0) is 32.2. The molecule has 0 aromatic rings. The molecule has 0 atom stereocenters. The highest BCUT2D eigenvalue weighted by Gasteiger charge is 2.38. The highest BCUT2D eigenvalue weighted by molar-refractivity contribution is 5.79. The normalized spacial score (nSPS) is 11.4. The highest BCUT2D eigenvalue weighted by atomic mass is 16.6. The molecule has 0 heterocycles. The molecule has 0 saturated carbocycles. The topological polar surface area (TPSA) is 204 Å². The molecule has 0 spiro atoms. The van der Waals surface area contributed by atoms with Gasteiger partial charge in [-0.3, -0.25) is 14.4 Å². The van der Waals surface area contributed by atoms with Crippen LogP contribution in [-0.4, -0.2) is 80.8 Å². The third kappa shape index (κ3) is 21.1. The Morgan fingerprint density at radius 3 is 1.57 bits per heavy atom. The van der Waals surface area contributed by atoms with Crippen molar-refractivity contribution < 1.29 is 47.7 Å². The molecule has 0 aliphatic rings. The van der Waals surface area contributed by atoms with Crippen LogP contribution in [0.25, 0.3) is 10.4 Å². The monoisotopic (exact) mass is 601 g/mol.